The maximum Gasteiger partial charge on any atom is 0.144 e. The third-order valence-corrected chi connectivity index (χ3v) is 2.82. The molecule has 0 fully saturated rings. The average molecular weight is 245 g/mol. The van der Waals surface area contributed by atoms with Crippen molar-refractivity contribution in [1.29, 1.82) is 0 Å². The molecule has 1 heterocycles. The lowest BCUT2D eigenvalue weighted by Crippen LogP contribution is -2.30. The van der Waals surface area contributed by atoms with Crippen LogP contribution in [0.2, 0.25) is 0 Å². The van der Waals surface area contributed by atoms with Gasteiger partial charge < -0.3 is 16.9 Å². The first kappa shape index (κ1) is 12.4. The van der Waals surface area contributed by atoms with E-state index in [9.17, 15) is 0 Å². The van der Waals surface area contributed by atoms with Crippen molar-refractivity contribution in [2.75, 3.05) is 12.4 Å². The predicted octanol–water partition coefficient (Wildman–Crippen LogP) is 0.876. The van der Waals surface area contributed by atoms with Gasteiger partial charge in [0.1, 0.15) is 12.5 Å². The van der Waals surface area contributed by atoms with E-state index in [2.05, 4.69) is 21.9 Å². The number of allylic oxidation sites excluding steroid dienone is 2. The molecule has 0 atom stereocenters. The number of nitrogens with zero attached hydrogens (tertiary/aromatic N) is 1. The minimum absolute atomic E-state index is 0.601. The lowest BCUT2D eigenvalue weighted by Gasteiger charge is -2.08. The first-order valence-electron chi connectivity index (χ1n) is 6.01. The Morgan fingerprint density at radius 3 is 3.00 bits per heavy atom. The van der Waals surface area contributed by atoms with Crippen molar-refractivity contribution in [3.8, 4) is 0 Å². The molecule has 0 aliphatic carbocycles. The first-order chi connectivity index (χ1) is 8.66. The number of anilines is 1. The molecule has 0 bridgehead atoms. The Labute approximate surface area is 107 Å². The third kappa shape index (κ3) is 3.01. The number of hydrogen-bond donors (Lipinski definition) is 4. The van der Waals surface area contributed by atoms with Gasteiger partial charge in [0, 0.05) is 16.9 Å². The highest BCUT2D eigenvalue weighted by atomic mass is 15.5. The number of nitrogen functional groups attached to an aromatic ring is 1. The largest absolute Gasteiger partial charge is 0.403 e. The number of aliphatic imine (C=N–C) groups is 1. The number of aryl methyl sites for hydroxylation is 1. The molecule has 1 aliphatic heterocycles. The molecule has 2 rings (SSSR count). The van der Waals surface area contributed by atoms with Gasteiger partial charge in [-0.2, -0.15) is 0 Å². The van der Waals surface area contributed by atoms with E-state index in [0.717, 1.165) is 41.2 Å². The molecule has 0 radical (unpaired) electrons. The zero-order valence-corrected chi connectivity index (χ0v) is 10.5. The van der Waals surface area contributed by atoms with Crippen LogP contribution < -0.4 is 22.3 Å². The SMILES string of the molecule is C/C(N)=C\CCc1cc(C2=NCNN2)ccc1N. The van der Waals surface area contributed by atoms with Crippen LogP contribution in [0.3, 0.4) is 0 Å². The topological polar surface area (TPSA) is 88.5 Å². The van der Waals surface area contributed by atoms with E-state index in [0.29, 0.717) is 6.67 Å². The fourth-order valence-corrected chi connectivity index (χ4v) is 1.87. The molecule has 0 unspecified atom stereocenters. The number of nitrogens with two attached hydrogens (primary N) is 2. The molecular formula is C13H19N5. The Morgan fingerprint density at radius 2 is 2.33 bits per heavy atom. The van der Waals surface area contributed by atoms with Crippen molar-refractivity contribution < 1.29 is 0 Å². The molecule has 6 N–H and O–H groups in total. The second-order valence-electron chi connectivity index (χ2n) is 4.37. The highest BCUT2D eigenvalue weighted by molar-refractivity contribution is 5.99. The Balaban J connectivity index is 2.13. The molecule has 0 spiro atoms. The van der Waals surface area contributed by atoms with Crippen LogP contribution in [0.4, 0.5) is 5.69 Å². The van der Waals surface area contributed by atoms with E-state index in [1.54, 1.807) is 0 Å². The van der Waals surface area contributed by atoms with Crippen molar-refractivity contribution in [2.45, 2.75) is 19.8 Å². The smallest absolute Gasteiger partial charge is 0.144 e. The Morgan fingerprint density at radius 1 is 1.50 bits per heavy atom. The van der Waals surface area contributed by atoms with Crippen molar-refractivity contribution in [1.82, 2.24) is 10.9 Å². The zero-order chi connectivity index (χ0) is 13.0. The molecule has 18 heavy (non-hydrogen) atoms. The number of nitrogens with one attached hydrogen (secondary N) is 2. The quantitative estimate of drug-likeness (QED) is 0.593. The summed E-state index contributed by atoms with van der Waals surface area (Å²) < 4.78 is 0. The number of benzene rings is 1. The molecule has 0 amide bonds. The molecule has 5 heteroatoms. The van der Waals surface area contributed by atoms with Gasteiger partial charge in [-0.25, -0.2) is 10.4 Å². The first-order valence-corrected chi connectivity index (χ1v) is 6.01. The van der Waals surface area contributed by atoms with E-state index in [1.807, 2.05) is 25.1 Å². The van der Waals surface area contributed by atoms with Gasteiger partial charge in [-0.15, -0.1) is 0 Å². The van der Waals surface area contributed by atoms with Crippen molar-refractivity contribution in [3.63, 3.8) is 0 Å². The van der Waals surface area contributed by atoms with E-state index in [-0.39, 0.29) is 0 Å². The van der Waals surface area contributed by atoms with E-state index >= 15 is 0 Å². The molecule has 1 aromatic carbocycles. The van der Waals surface area contributed by atoms with Crippen LogP contribution in [0, 0.1) is 0 Å². The Bertz CT molecular complexity index is 486. The summed E-state index contributed by atoms with van der Waals surface area (Å²) in [5.41, 5.74) is 21.4. The summed E-state index contributed by atoms with van der Waals surface area (Å²) in [5, 5.41) is 0. The van der Waals surface area contributed by atoms with E-state index in [1.165, 1.54) is 0 Å². The second-order valence-corrected chi connectivity index (χ2v) is 4.37. The summed E-state index contributed by atoms with van der Waals surface area (Å²) >= 11 is 0. The summed E-state index contributed by atoms with van der Waals surface area (Å²) in [6, 6.07) is 5.97. The van der Waals surface area contributed by atoms with Crippen LogP contribution in [-0.2, 0) is 6.42 Å². The molecule has 1 aromatic rings. The van der Waals surface area contributed by atoms with Crippen LogP contribution in [0.1, 0.15) is 24.5 Å². The van der Waals surface area contributed by atoms with Crippen LogP contribution in [0.15, 0.2) is 35.0 Å². The van der Waals surface area contributed by atoms with Gasteiger partial charge >= 0.3 is 0 Å². The second kappa shape index (κ2) is 5.55. The normalized spacial score (nSPS) is 15.4. The number of rotatable bonds is 4. The highest BCUT2D eigenvalue weighted by Gasteiger charge is 2.09. The van der Waals surface area contributed by atoms with Gasteiger partial charge in [0.15, 0.2) is 0 Å². The number of hydrazine groups is 1. The number of amidine groups is 1. The summed E-state index contributed by atoms with van der Waals surface area (Å²) in [5.74, 6) is 0.863. The molecule has 1 aliphatic rings. The van der Waals surface area contributed by atoms with Gasteiger partial charge in [0.2, 0.25) is 0 Å². The van der Waals surface area contributed by atoms with Crippen LogP contribution in [0.5, 0.6) is 0 Å². The van der Waals surface area contributed by atoms with Gasteiger partial charge in [0.25, 0.3) is 0 Å². The Kier molecular flexibility index (Phi) is 3.84. The van der Waals surface area contributed by atoms with Crippen molar-refractivity contribution in [3.05, 3.63) is 41.1 Å². The molecule has 5 nitrogen and oxygen atoms in total. The molecule has 0 aromatic heterocycles. The third-order valence-electron chi connectivity index (χ3n) is 2.82. The van der Waals surface area contributed by atoms with Gasteiger partial charge in [-0.05, 0) is 43.5 Å². The molecule has 96 valence electrons. The van der Waals surface area contributed by atoms with Crippen molar-refractivity contribution >= 4 is 11.5 Å². The van der Waals surface area contributed by atoms with Crippen molar-refractivity contribution in [2.24, 2.45) is 10.7 Å². The maximum absolute atomic E-state index is 5.98. The lowest BCUT2D eigenvalue weighted by molar-refractivity contribution is 0.727. The molecule has 0 saturated carbocycles. The lowest BCUT2D eigenvalue weighted by atomic mass is 10.0. The van der Waals surface area contributed by atoms with Gasteiger partial charge in [0.05, 0.1) is 0 Å². The minimum atomic E-state index is 0.601. The number of hydrogen-bond acceptors (Lipinski definition) is 5. The fraction of sp³-hybridized carbons (Fsp3) is 0.308. The average Bonchev–Trinajstić information content (AvgIpc) is 2.84. The maximum atomic E-state index is 5.98. The minimum Gasteiger partial charge on any atom is -0.403 e. The van der Waals surface area contributed by atoms with Crippen LogP contribution in [0.25, 0.3) is 0 Å². The predicted molar refractivity (Wildman–Crippen MR) is 74.8 cm³/mol. The fourth-order valence-electron chi connectivity index (χ4n) is 1.87. The monoisotopic (exact) mass is 245 g/mol. The van der Waals surface area contributed by atoms with Gasteiger partial charge in [-0.1, -0.05) is 6.08 Å². The van der Waals surface area contributed by atoms with Crippen LogP contribution >= 0.6 is 0 Å². The summed E-state index contributed by atoms with van der Waals surface area (Å²) in [7, 11) is 0. The summed E-state index contributed by atoms with van der Waals surface area (Å²) in [6.45, 7) is 2.49. The van der Waals surface area contributed by atoms with Gasteiger partial charge in [-0.3, -0.25) is 0 Å². The summed E-state index contributed by atoms with van der Waals surface area (Å²) in [4.78, 5) is 4.31. The van der Waals surface area contributed by atoms with E-state index in [4.69, 9.17) is 11.5 Å². The van der Waals surface area contributed by atoms with E-state index < -0.39 is 0 Å². The molecule has 0 saturated heterocycles. The highest BCUT2D eigenvalue weighted by Crippen LogP contribution is 2.17. The standard InChI is InChI=1S/C13H19N5/c1-9(14)3-2-4-10-7-11(5-6-12(10)15)13-16-8-17-18-13/h3,5-7,17H,2,4,8,14-15H2,1H3,(H,16,18)/b9-3+. The Hall–Kier alpha value is -2.01. The zero-order valence-electron chi connectivity index (χ0n) is 10.5. The van der Waals surface area contributed by atoms with Crippen LogP contribution in [-0.4, -0.2) is 12.5 Å². The molecular weight excluding hydrogens is 226 g/mol. The summed E-state index contributed by atoms with van der Waals surface area (Å²) in [6.07, 6.45) is 3.79.